The molecule has 136 valence electrons. The summed E-state index contributed by atoms with van der Waals surface area (Å²) in [6, 6.07) is 15.4. The van der Waals surface area contributed by atoms with Crippen LogP contribution in [-0.4, -0.2) is 29.8 Å². The fourth-order valence-electron chi connectivity index (χ4n) is 3.31. The van der Waals surface area contributed by atoms with Crippen LogP contribution >= 0.6 is 11.6 Å². The molecule has 0 spiro atoms. The number of carbonyl (C=O) groups is 2. The second-order valence-corrected chi connectivity index (χ2v) is 7.06. The molecule has 1 aliphatic rings. The summed E-state index contributed by atoms with van der Waals surface area (Å²) < 4.78 is 0. The third-order valence-corrected chi connectivity index (χ3v) is 5.04. The van der Waals surface area contributed by atoms with Gasteiger partial charge in [0.25, 0.3) is 0 Å². The minimum atomic E-state index is -0.299. The summed E-state index contributed by atoms with van der Waals surface area (Å²) in [5.41, 5.74) is 3.03. The molecule has 1 atom stereocenters. The van der Waals surface area contributed by atoms with Crippen molar-refractivity contribution in [1.82, 2.24) is 4.90 Å². The Bertz CT molecular complexity index is 806. The third kappa shape index (κ3) is 4.44. The van der Waals surface area contributed by atoms with Gasteiger partial charge in [0.15, 0.2) is 0 Å². The highest BCUT2D eigenvalue weighted by Gasteiger charge is 2.34. The first kappa shape index (κ1) is 18.5. The molecule has 1 aliphatic heterocycles. The molecule has 5 heteroatoms. The van der Waals surface area contributed by atoms with E-state index < -0.39 is 0 Å². The Balaban J connectivity index is 1.57. The van der Waals surface area contributed by atoms with E-state index in [9.17, 15) is 9.59 Å². The van der Waals surface area contributed by atoms with Crippen LogP contribution in [0.2, 0.25) is 5.02 Å². The molecule has 4 nitrogen and oxygen atoms in total. The molecule has 1 N–H and O–H groups in total. The quantitative estimate of drug-likeness (QED) is 0.837. The summed E-state index contributed by atoms with van der Waals surface area (Å²) in [5, 5.41) is 3.69. The lowest BCUT2D eigenvalue weighted by Gasteiger charge is -2.17. The molecule has 1 fully saturated rings. The number of nitrogens with one attached hydrogen (secondary N) is 1. The van der Waals surface area contributed by atoms with Gasteiger partial charge in [0.2, 0.25) is 11.8 Å². The lowest BCUT2D eigenvalue weighted by molar-refractivity contribution is -0.128. The summed E-state index contributed by atoms with van der Waals surface area (Å²) >= 11 is 6.00. The number of rotatable bonds is 6. The van der Waals surface area contributed by atoms with Crippen LogP contribution in [0, 0.1) is 5.92 Å². The summed E-state index contributed by atoms with van der Waals surface area (Å²) in [4.78, 5) is 26.6. The van der Waals surface area contributed by atoms with Gasteiger partial charge >= 0.3 is 0 Å². The molecule has 0 radical (unpaired) electrons. The SMILES string of the molecule is CCc1ccccc1NC(=O)C1CC(=O)N(CCc2cccc(Cl)c2)C1. The molecule has 0 bridgehead atoms. The first-order valence-corrected chi connectivity index (χ1v) is 9.35. The highest BCUT2D eigenvalue weighted by molar-refractivity contribution is 6.30. The molecule has 2 amide bonds. The molecular formula is C21H23ClN2O2. The zero-order chi connectivity index (χ0) is 18.5. The fourth-order valence-corrected chi connectivity index (χ4v) is 3.52. The average molecular weight is 371 g/mol. The number of carbonyl (C=O) groups excluding carboxylic acids is 2. The fraction of sp³-hybridized carbons (Fsp3) is 0.333. The maximum absolute atomic E-state index is 12.6. The Morgan fingerprint density at radius 2 is 2.04 bits per heavy atom. The maximum atomic E-state index is 12.6. The lowest BCUT2D eigenvalue weighted by Crippen LogP contribution is -2.30. The number of likely N-dealkylation sites (tertiary alicyclic amines) is 1. The Morgan fingerprint density at radius 1 is 1.23 bits per heavy atom. The molecule has 1 heterocycles. The zero-order valence-electron chi connectivity index (χ0n) is 14.9. The van der Waals surface area contributed by atoms with Gasteiger partial charge < -0.3 is 10.2 Å². The van der Waals surface area contributed by atoms with Crippen molar-refractivity contribution >= 4 is 29.1 Å². The molecule has 2 aromatic rings. The molecule has 3 rings (SSSR count). The van der Waals surface area contributed by atoms with E-state index in [-0.39, 0.29) is 24.2 Å². The lowest BCUT2D eigenvalue weighted by atomic mass is 10.1. The standard InChI is InChI=1S/C21H23ClN2O2/c1-2-16-7-3-4-9-19(16)23-21(26)17-13-20(25)24(14-17)11-10-15-6-5-8-18(22)12-15/h3-9,12,17H,2,10-11,13-14H2,1H3,(H,23,26). The highest BCUT2D eigenvalue weighted by Crippen LogP contribution is 2.22. The van der Waals surface area contributed by atoms with Crippen molar-refractivity contribution < 1.29 is 9.59 Å². The van der Waals surface area contributed by atoms with Gasteiger partial charge in [0, 0.05) is 30.2 Å². The number of anilines is 1. The monoisotopic (exact) mass is 370 g/mol. The molecule has 1 unspecified atom stereocenters. The predicted octanol–water partition coefficient (Wildman–Crippen LogP) is 3.93. The molecule has 26 heavy (non-hydrogen) atoms. The summed E-state index contributed by atoms with van der Waals surface area (Å²) in [6.07, 6.45) is 1.86. The molecule has 1 saturated heterocycles. The number of amides is 2. The van der Waals surface area contributed by atoms with Crippen LogP contribution < -0.4 is 5.32 Å². The van der Waals surface area contributed by atoms with Crippen LogP contribution in [0.4, 0.5) is 5.69 Å². The van der Waals surface area contributed by atoms with Crippen LogP contribution in [0.5, 0.6) is 0 Å². The number of aryl methyl sites for hydroxylation is 1. The second-order valence-electron chi connectivity index (χ2n) is 6.62. The number of hydrogen-bond donors (Lipinski definition) is 1. The van der Waals surface area contributed by atoms with Crippen LogP contribution in [0.3, 0.4) is 0 Å². The van der Waals surface area contributed by atoms with Crippen molar-refractivity contribution in [2.45, 2.75) is 26.2 Å². The zero-order valence-corrected chi connectivity index (χ0v) is 15.6. The molecule has 2 aromatic carbocycles. The summed E-state index contributed by atoms with van der Waals surface area (Å²) in [7, 11) is 0. The minimum Gasteiger partial charge on any atom is -0.342 e. The second kappa shape index (κ2) is 8.37. The van der Waals surface area contributed by atoms with E-state index in [1.165, 1.54) is 0 Å². The van der Waals surface area contributed by atoms with Crippen molar-refractivity contribution in [3.8, 4) is 0 Å². The molecule has 0 aromatic heterocycles. The molecular weight excluding hydrogens is 348 g/mol. The van der Waals surface area contributed by atoms with Gasteiger partial charge in [0.1, 0.15) is 0 Å². The van der Waals surface area contributed by atoms with Gasteiger partial charge in [-0.3, -0.25) is 9.59 Å². The number of hydrogen-bond acceptors (Lipinski definition) is 2. The van der Waals surface area contributed by atoms with Crippen LogP contribution in [-0.2, 0) is 22.4 Å². The normalized spacial score (nSPS) is 16.8. The Morgan fingerprint density at radius 3 is 2.81 bits per heavy atom. The summed E-state index contributed by atoms with van der Waals surface area (Å²) in [6.45, 7) is 3.13. The molecule has 0 aliphatic carbocycles. The number of nitrogens with zero attached hydrogens (tertiary/aromatic N) is 1. The molecule has 0 saturated carbocycles. The van der Waals surface area contributed by atoms with Crippen LogP contribution in [0.1, 0.15) is 24.5 Å². The maximum Gasteiger partial charge on any atom is 0.229 e. The van der Waals surface area contributed by atoms with Gasteiger partial charge in [-0.2, -0.15) is 0 Å². The van der Waals surface area contributed by atoms with E-state index in [0.29, 0.717) is 18.1 Å². The van der Waals surface area contributed by atoms with Crippen LogP contribution in [0.15, 0.2) is 48.5 Å². The topological polar surface area (TPSA) is 49.4 Å². The number of halogens is 1. The number of benzene rings is 2. The van der Waals surface area contributed by atoms with Gasteiger partial charge in [-0.25, -0.2) is 0 Å². The van der Waals surface area contributed by atoms with Gasteiger partial charge in [-0.05, 0) is 42.2 Å². The van der Waals surface area contributed by atoms with Gasteiger partial charge in [-0.1, -0.05) is 48.9 Å². The highest BCUT2D eigenvalue weighted by atomic mass is 35.5. The number of para-hydroxylation sites is 1. The predicted molar refractivity (Wildman–Crippen MR) is 104 cm³/mol. The van der Waals surface area contributed by atoms with Gasteiger partial charge in [-0.15, -0.1) is 0 Å². The Hall–Kier alpha value is -2.33. The minimum absolute atomic E-state index is 0.0379. The van der Waals surface area contributed by atoms with E-state index in [1.54, 1.807) is 4.90 Å². The first-order chi connectivity index (χ1) is 12.6. The van der Waals surface area contributed by atoms with Crippen molar-refractivity contribution in [3.63, 3.8) is 0 Å². The largest absolute Gasteiger partial charge is 0.342 e. The van der Waals surface area contributed by atoms with E-state index in [0.717, 1.165) is 29.7 Å². The summed E-state index contributed by atoms with van der Waals surface area (Å²) in [5.74, 6) is -0.341. The first-order valence-electron chi connectivity index (χ1n) is 8.97. The smallest absolute Gasteiger partial charge is 0.229 e. The van der Waals surface area contributed by atoms with E-state index in [4.69, 9.17) is 11.6 Å². The van der Waals surface area contributed by atoms with Crippen molar-refractivity contribution in [2.75, 3.05) is 18.4 Å². The van der Waals surface area contributed by atoms with E-state index in [2.05, 4.69) is 12.2 Å². The average Bonchev–Trinajstić information content (AvgIpc) is 3.01. The Labute approximate surface area is 159 Å². The van der Waals surface area contributed by atoms with Crippen molar-refractivity contribution in [1.29, 1.82) is 0 Å². The van der Waals surface area contributed by atoms with E-state index in [1.807, 2.05) is 48.5 Å². The Kier molecular flexibility index (Phi) is 5.94. The van der Waals surface area contributed by atoms with Crippen molar-refractivity contribution in [3.05, 3.63) is 64.7 Å². The third-order valence-electron chi connectivity index (χ3n) is 4.80. The van der Waals surface area contributed by atoms with E-state index >= 15 is 0 Å². The van der Waals surface area contributed by atoms with Crippen molar-refractivity contribution in [2.24, 2.45) is 5.92 Å². The van der Waals surface area contributed by atoms with Gasteiger partial charge in [0.05, 0.1) is 5.92 Å². The van der Waals surface area contributed by atoms with Crippen LogP contribution in [0.25, 0.3) is 0 Å².